The van der Waals surface area contributed by atoms with Crippen molar-refractivity contribution in [1.82, 2.24) is 0 Å². The first-order valence-electron chi connectivity index (χ1n) is 2.50. The number of thiol groups is 1. The van der Waals surface area contributed by atoms with Crippen molar-refractivity contribution < 1.29 is 0 Å². The molecule has 0 aliphatic rings. The van der Waals surface area contributed by atoms with Gasteiger partial charge in [0.05, 0.1) is 0 Å². The van der Waals surface area contributed by atoms with Gasteiger partial charge in [0.15, 0.2) is 0 Å². The fourth-order valence-electron chi connectivity index (χ4n) is 0.581. The lowest BCUT2D eigenvalue weighted by Gasteiger charge is -1.96. The van der Waals surface area contributed by atoms with Crippen molar-refractivity contribution in [1.29, 1.82) is 0 Å². The molecular formula is C6H4Cl2S2. The molecule has 0 fully saturated rings. The van der Waals surface area contributed by atoms with Crippen molar-refractivity contribution in [2.24, 2.45) is 0 Å². The van der Waals surface area contributed by atoms with E-state index in [9.17, 15) is 0 Å². The van der Waals surface area contributed by atoms with E-state index in [2.05, 4.69) is 11.7 Å². The van der Waals surface area contributed by atoms with Gasteiger partial charge in [0.25, 0.3) is 0 Å². The Morgan fingerprint density at radius 1 is 1.10 bits per heavy atom. The Kier molecular flexibility index (Phi) is 3.24. The molecular weight excluding hydrogens is 207 g/mol. The zero-order valence-corrected chi connectivity index (χ0v) is 8.07. The van der Waals surface area contributed by atoms with Gasteiger partial charge in [0, 0.05) is 14.9 Å². The number of hydrogen-bond acceptors (Lipinski definition) is 2. The van der Waals surface area contributed by atoms with Gasteiger partial charge in [-0.1, -0.05) is 34.0 Å². The molecule has 0 aliphatic heterocycles. The van der Waals surface area contributed by atoms with Crippen molar-refractivity contribution in [2.75, 3.05) is 0 Å². The van der Waals surface area contributed by atoms with Gasteiger partial charge in [-0.3, -0.25) is 0 Å². The predicted octanol–water partition coefficient (Wildman–Crippen LogP) is 3.93. The maximum absolute atomic E-state index is 5.70. The van der Waals surface area contributed by atoms with E-state index in [1.165, 1.54) is 10.8 Å². The first kappa shape index (κ1) is 8.60. The third-order valence-corrected chi connectivity index (χ3v) is 2.46. The Morgan fingerprint density at radius 2 is 1.60 bits per heavy atom. The molecule has 4 heteroatoms. The summed E-state index contributed by atoms with van der Waals surface area (Å²) in [7, 11) is 1.32. The average Bonchev–Trinajstić information content (AvgIpc) is 1.85. The van der Waals surface area contributed by atoms with Gasteiger partial charge >= 0.3 is 0 Å². The summed E-state index contributed by atoms with van der Waals surface area (Å²) < 4.78 is 0. The van der Waals surface area contributed by atoms with Crippen LogP contribution in [-0.2, 0) is 0 Å². The third kappa shape index (κ3) is 2.27. The fourth-order valence-corrected chi connectivity index (χ4v) is 1.91. The molecule has 1 aromatic rings. The van der Waals surface area contributed by atoms with Crippen LogP contribution in [0.1, 0.15) is 0 Å². The van der Waals surface area contributed by atoms with Gasteiger partial charge in [-0.05, 0) is 18.2 Å². The van der Waals surface area contributed by atoms with Crippen molar-refractivity contribution in [3.8, 4) is 0 Å². The standard InChI is InChI=1S/C6H4Cl2S2/c7-4-1-5(8)3-6(2-4)10-9/h1-3,9H. The Bertz CT molecular complexity index is 217. The Labute approximate surface area is 78.7 Å². The van der Waals surface area contributed by atoms with Crippen molar-refractivity contribution in [3.05, 3.63) is 28.2 Å². The Balaban J connectivity index is 3.06. The minimum atomic E-state index is 0.643. The second-order valence-corrected chi connectivity index (χ2v) is 3.77. The van der Waals surface area contributed by atoms with Crippen LogP contribution in [0.5, 0.6) is 0 Å². The average molecular weight is 211 g/mol. The van der Waals surface area contributed by atoms with Crippen LogP contribution in [0.3, 0.4) is 0 Å². The maximum atomic E-state index is 5.70. The highest BCUT2D eigenvalue weighted by molar-refractivity contribution is 8.68. The van der Waals surface area contributed by atoms with Gasteiger partial charge in [-0.15, -0.1) is 11.7 Å². The number of halogens is 2. The van der Waals surface area contributed by atoms with Crippen LogP contribution >= 0.6 is 45.7 Å². The lowest BCUT2D eigenvalue weighted by Crippen LogP contribution is -1.68. The van der Waals surface area contributed by atoms with Crippen molar-refractivity contribution >= 4 is 45.7 Å². The highest BCUT2D eigenvalue weighted by Gasteiger charge is 1.95. The minimum absolute atomic E-state index is 0.643. The SMILES string of the molecule is SSc1cc(Cl)cc(Cl)c1. The normalized spacial score (nSPS) is 9.90. The van der Waals surface area contributed by atoms with Crippen LogP contribution in [0.25, 0.3) is 0 Å². The molecule has 0 bridgehead atoms. The molecule has 0 unspecified atom stereocenters. The van der Waals surface area contributed by atoms with Crippen molar-refractivity contribution in [3.63, 3.8) is 0 Å². The summed E-state index contributed by atoms with van der Waals surface area (Å²) in [6.07, 6.45) is 0. The highest BCUT2D eigenvalue weighted by atomic mass is 35.5. The van der Waals surface area contributed by atoms with E-state index in [1.807, 2.05) is 12.1 Å². The number of hydrogen-bond donors (Lipinski definition) is 1. The monoisotopic (exact) mass is 210 g/mol. The quantitative estimate of drug-likeness (QED) is 0.542. The van der Waals surface area contributed by atoms with Crippen LogP contribution in [-0.4, -0.2) is 0 Å². The molecule has 0 atom stereocenters. The molecule has 0 nitrogen and oxygen atoms in total. The van der Waals surface area contributed by atoms with Gasteiger partial charge in [0.1, 0.15) is 0 Å². The smallest absolute Gasteiger partial charge is 0.0432 e. The molecule has 0 aromatic heterocycles. The van der Waals surface area contributed by atoms with E-state index in [1.54, 1.807) is 6.07 Å². The summed E-state index contributed by atoms with van der Waals surface area (Å²) in [5.41, 5.74) is 0. The zero-order valence-electron chi connectivity index (χ0n) is 4.84. The van der Waals surface area contributed by atoms with E-state index in [-0.39, 0.29) is 0 Å². The zero-order chi connectivity index (χ0) is 7.56. The molecule has 0 radical (unpaired) electrons. The van der Waals surface area contributed by atoms with E-state index in [0.29, 0.717) is 10.0 Å². The summed E-state index contributed by atoms with van der Waals surface area (Å²) in [4.78, 5) is 0.959. The molecule has 0 saturated heterocycles. The van der Waals surface area contributed by atoms with E-state index in [4.69, 9.17) is 23.2 Å². The summed E-state index contributed by atoms with van der Waals surface area (Å²) in [5.74, 6) is 0. The second kappa shape index (κ2) is 3.77. The summed E-state index contributed by atoms with van der Waals surface area (Å²) in [6.45, 7) is 0. The van der Waals surface area contributed by atoms with Crippen LogP contribution < -0.4 is 0 Å². The fraction of sp³-hybridized carbons (Fsp3) is 0. The molecule has 1 aromatic carbocycles. The molecule has 0 aliphatic carbocycles. The third-order valence-electron chi connectivity index (χ3n) is 0.941. The highest BCUT2D eigenvalue weighted by Crippen LogP contribution is 2.27. The van der Waals surface area contributed by atoms with Crippen LogP contribution in [0.2, 0.25) is 10.0 Å². The molecule has 1 rings (SSSR count). The molecule has 0 N–H and O–H groups in total. The molecule has 54 valence electrons. The molecule has 0 amide bonds. The molecule has 0 spiro atoms. The number of benzene rings is 1. The minimum Gasteiger partial charge on any atom is -0.106 e. The van der Waals surface area contributed by atoms with Gasteiger partial charge in [-0.2, -0.15) is 0 Å². The predicted molar refractivity (Wildman–Crippen MR) is 51.3 cm³/mol. The Morgan fingerprint density at radius 3 is 2.00 bits per heavy atom. The van der Waals surface area contributed by atoms with E-state index in [0.717, 1.165) is 4.90 Å². The summed E-state index contributed by atoms with van der Waals surface area (Å²) in [6, 6.07) is 5.31. The first-order valence-corrected chi connectivity index (χ1v) is 5.12. The van der Waals surface area contributed by atoms with E-state index < -0.39 is 0 Å². The largest absolute Gasteiger partial charge is 0.106 e. The molecule has 0 heterocycles. The lowest BCUT2D eigenvalue weighted by atomic mass is 10.4. The van der Waals surface area contributed by atoms with Gasteiger partial charge in [0.2, 0.25) is 0 Å². The van der Waals surface area contributed by atoms with Gasteiger partial charge in [-0.25, -0.2) is 0 Å². The Hall–Kier alpha value is 0.500. The van der Waals surface area contributed by atoms with Crippen LogP contribution in [0.4, 0.5) is 0 Å². The van der Waals surface area contributed by atoms with Crippen LogP contribution in [0, 0.1) is 0 Å². The number of rotatable bonds is 1. The maximum Gasteiger partial charge on any atom is 0.0432 e. The van der Waals surface area contributed by atoms with Crippen LogP contribution in [0.15, 0.2) is 23.1 Å². The lowest BCUT2D eigenvalue weighted by molar-refractivity contribution is 1.48. The second-order valence-electron chi connectivity index (χ2n) is 1.70. The summed E-state index contributed by atoms with van der Waals surface area (Å²) >= 11 is 15.4. The first-order chi connectivity index (χ1) is 4.72. The summed E-state index contributed by atoms with van der Waals surface area (Å²) in [5, 5.41) is 1.29. The van der Waals surface area contributed by atoms with Crippen molar-refractivity contribution in [2.45, 2.75) is 4.90 Å². The molecule has 0 saturated carbocycles. The van der Waals surface area contributed by atoms with Gasteiger partial charge < -0.3 is 0 Å². The topological polar surface area (TPSA) is 0 Å². The molecule has 10 heavy (non-hydrogen) atoms. The van der Waals surface area contributed by atoms with E-state index >= 15 is 0 Å².